The number of nitrogens with zero attached hydrogens (tertiary/aromatic N) is 2. The average Bonchev–Trinajstić information content (AvgIpc) is 3.79. The molecule has 1 atom stereocenters. The molecule has 3 heterocycles. The summed E-state index contributed by atoms with van der Waals surface area (Å²) in [6.07, 6.45) is 3.83. The highest BCUT2D eigenvalue weighted by Crippen LogP contribution is 2.39. The average molecular weight is 548 g/mol. The summed E-state index contributed by atoms with van der Waals surface area (Å²) in [7, 11) is 0. The molecule has 5 rings (SSSR count). The number of hydrogen-bond acceptors (Lipinski definition) is 7. The van der Waals surface area contributed by atoms with Crippen molar-refractivity contribution in [3.05, 3.63) is 87.2 Å². The Morgan fingerprint density at radius 2 is 2.05 bits per heavy atom. The van der Waals surface area contributed by atoms with E-state index in [1.165, 1.54) is 28.3 Å². The molecule has 1 saturated carbocycles. The van der Waals surface area contributed by atoms with Crippen LogP contribution in [0.5, 0.6) is 0 Å². The summed E-state index contributed by atoms with van der Waals surface area (Å²) in [6.45, 7) is 2.92. The van der Waals surface area contributed by atoms with E-state index in [2.05, 4.69) is 27.0 Å². The normalized spacial score (nSPS) is 14.9. The number of esters is 1. The molecule has 2 aliphatic rings. The van der Waals surface area contributed by atoms with Gasteiger partial charge in [-0.2, -0.15) is 0 Å². The number of aryl methyl sites for hydroxylation is 1. The van der Waals surface area contributed by atoms with Crippen LogP contribution in [0, 0.1) is 5.82 Å². The Balaban J connectivity index is 1.33. The molecule has 40 heavy (non-hydrogen) atoms. The molecule has 1 aromatic carbocycles. The van der Waals surface area contributed by atoms with Crippen LogP contribution in [0.3, 0.4) is 0 Å². The predicted octanol–water partition coefficient (Wildman–Crippen LogP) is 4.04. The highest BCUT2D eigenvalue weighted by atomic mass is 19.1. The van der Waals surface area contributed by atoms with Crippen LogP contribution < -0.4 is 21.5 Å². The first-order valence-corrected chi connectivity index (χ1v) is 13.8. The SMILES string of the molecule is CCOC(=O)CC(NC(=O)Cn1c(C2CC2)ccc(NCc2ccc3c(n2)NCCC3)c1=O)c1cccc(F)c1. The molecule has 9 nitrogen and oxygen atoms in total. The van der Waals surface area contributed by atoms with Crippen LogP contribution in [0.25, 0.3) is 0 Å². The number of aromatic nitrogens is 2. The van der Waals surface area contributed by atoms with E-state index < -0.39 is 23.7 Å². The van der Waals surface area contributed by atoms with E-state index >= 15 is 0 Å². The van der Waals surface area contributed by atoms with Crippen LogP contribution in [-0.2, 0) is 33.8 Å². The number of rotatable bonds is 11. The van der Waals surface area contributed by atoms with Gasteiger partial charge in [-0.05, 0) is 80.0 Å². The summed E-state index contributed by atoms with van der Waals surface area (Å²) < 4.78 is 20.5. The maximum Gasteiger partial charge on any atom is 0.308 e. The number of anilines is 2. The van der Waals surface area contributed by atoms with Crippen molar-refractivity contribution in [2.24, 2.45) is 0 Å². The maximum atomic E-state index is 13.9. The molecule has 1 amide bonds. The molecule has 10 heteroatoms. The molecule has 2 aromatic heterocycles. The zero-order chi connectivity index (χ0) is 28.1. The van der Waals surface area contributed by atoms with Crippen molar-refractivity contribution >= 4 is 23.4 Å². The maximum absolute atomic E-state index is 13.9. The van der Waals surface area contributed by atoms with Crippen LogP contribution in [0.2, 0.25) is 0 Å². The monoisotopic (exact) mass is 547 g/mol. The van der Waals surface area contributed by atoms with Crippen LogP contribution in [0.1, 0.15) is 67.1 Å². The standard InChI is InChI=1S/C30H34FN5O4/c1-2-40-28(38)16-25(21-5-3-7-22(31)15-21)35-27(37)18-36-26(19-8-9-19)13-12-24(30(36)39)33-17-23-11-10-20-6-4-14-32-29(20)34-23/h3,5,7,10-13,15,19,25,33H,2,4,6,8-9,14,16-18H2,1H3,(H,32,34)(H,35,37). The van der Waals surface area contributed by atoms with Crippen molar-refractivity contribution in [2.45, 2.75) is 64.1 Å². The number of carbonyl (C=O) groups excluding carboxylic acids is 2. The minimum Gasteiger partial charge on any atom is -0.466 e. The molecule has 1 fully saturated rings. The van der Waals surface area contributed by atoms with Crippen molar-refractivity contribution < 1.29 is 18.7 Å². The van der Waals surface area contributed by atoms with Gasteiger partial charge in [-0.15, -0.1) is 0 Å². The van der Waals surface area contributed by atoms with Gasteiger partial charge in [0.2, 0.25) is 5.91 Å². The summed E-state index contributed by atoms with van der Waals surface area (Å²) in [4.78, 5) is 43.7. The molecule has 1 unspecified atom stereocenters. The van der Waals surface area contributed by atoms with Crippen molar-refractivity contribution in [1.29, 1.82) is 0 Å². The number of fused-ring (bicyclic) bond motifs is 1. The Hall–Kier alpha value is -4.21. The molecule has 3 aromatic rings. The Kier molecular flexibility index (Phi) is 8.42. The fraction of sp³-hybridized carbons (Fsp3) is 0.400. The van der Waals surface area contributed by atoms with Crippen LogP contribution in [0.15, 0.2) is 53.3 Å². The first kappa shape index (κ1) is 27.4. The highest BCUT2D eigenvalue weighted by molar-refractivity contribution is 5.78. The molecule has 1 aliphatic carbocycles. The highest BCUT2D eigenvalue weighted by Gasteiger charge is 2.29. The van der Waals surface area contributed by atoms with Crippen molar-refractivity contribution in [3.8, 4) is 0 Å². The lowest BCUT2D eigenvalue weighted by Crippen LogP contribution is -2.37. The molecular formula is C30H34FN5O4. The first-order chi connectivity index (χ1) is 19.4. The number of carbonyl (C=O) groups is 2. The van der Waals surface area contributed by atoms with Crippen molar-refractivity contribution in [2.75, 3.05) is 23.8 Å². The zero-order valence-electron chi connectivity index (χ0n) is 22.5. The molecule has 0 bridgehead atoms. The second kappa shape index (κ2) is 12.3. The number of amides is 1. The molecule has 0 radical (unpaired) electrons. The van der Waals surface area contributed by atoms with Gasteiger partial charge in [0.1, 0.15) is 23.9 Å². The minimum absolute atomic E-state index is 0.155. The fourth-order valence-electron chi connectivity index (χ4n) is 5.02. The Bertz CT molecular complexity index is 1450. The molecular weight excluding hydrogens is 513 g/mol. The fourth-order valence-corrected chi connectivity index (χ4v) is 5.02. The third-order valence-electron chi connectivity index (χ3n) is 7.18. The van der Waals surface area contributed by atoms with E-state index in [0.29, 0.717) is 17.8 Å². The number of pyridine rings is 2. The number of hydrogen-bond donors (Lipinski definition) is 3. The lowest BCUT2D eigenvalue weighted by molar-refractivity contribution is -0.143. The number of ether oxygens (including phenoxy) is 1. The quantitative estimate of drug-likeness (QED) is 0.311. The summed E-state index contributed by atoms with van der Waals surface area (Å²) in [5, 5.41) is 9.33. The van der Waals surface area contributed by atoms with E-state index in [1.807, 2.05) is 12.1 Å². The summed E-state index contributed by atoms with van der Waals surface area (Å²) in [5.41, 5.74) is 3.31. The first-order valence-electron chi connectivity index (χ1n) is 13.8. The topological polar surface area (TPSA) is 114 Å². The van der Waals surface area contributed by atoms with Gasteiger partial charge < -0.3 is 25.3 Å². The van der Waals surface area contributed by atoms with Gasteiger partial charge in [-0.25, -0.2) is 9.37 Å². The van der Waals surface area contributed by atoms with Crippen molar-refractivity contribution in [3.63, 3.8) is 0 Å². The lowest BCUT2D eigenvalue weighted by atomic mass is 10.0. The van der Waals surface area contributed by atoms with E-state index in [4.69, 9.17) is 4.74 Å². The Morgan fingerprint density at radius 1 is 1.20 bits per heavy atom. The van der Waals surface area contributed by atoms with Gasteiger partial charge in [-0.3, -0.25) is 14.4 Å². The van der Waals surface area contributed by atoms with Gasteiger partial charge in [0.15, 0.2) is 0 Å². The number of nitrogens with one attached hydrogen (secondary N) is 3. The number of halogens is 1. The summed E-state index contributed by atoms with van der Waals surface area (Å²) >= 11 is 0. The summed E-state index contributed by atoms with van der Waals surface area (Å²) in [5.74, 6) is -0.330. The second-order valence-corrected chi connectivity index (χ2v) is 10.2. The lowest BCUT2D eigenvalue weighted by Gasteiger charge is -2.20. The van der Waals surface area contributed by atoms with Gasteiger partial charge in [0.25, 0.3) is 5.56 Å². The smallest absolute Gasteiger partial charge is 0.308 e. The van der Waals surface area contributed by atoms with Gasteiger partial charge in [-0.1, -0.05) is 18.2 Å². The van der Waals surface area contributed by atoms with Crippen molar-refractivity contribution in [1.82, 2.24) is 14.9 Å². The molecule has 1 aliphatic heterocycles. The molecule has 3 N–H and O–H groups in total. The van der Waals surface area contributed by atoms with Gasteiger partial charge >= 0.3 is 5.97 Å². The Morgan fingerprint density at radius 3 is 2.83 bits per heavy atom. The minimum atomic E-state index is -0.799. The largest absolute Gasteiger partial charge is 0.466 e. The third-order valence-corrected chi connectivity index (χ3v) is 7.18. The second-order valence-electron chi connectivity index (χ2n) is 10.2. The molecule has 210 valence electrons. The van der Waals surface area contributed by atoms with Gasteiger partial charge in [0.05, 0.1) is 31.3 Å². The van der Waals surface area contributed by atoms with Gasteiger partial charge in [0, 0.05) is 12.2 Å². The van der Waals surface area contributed by atoms with Crippen LogP contribution in [0.4, 0.5) is 15.9 Å². The molecule has 0 spiro atoms. The van der Waals surface area contributed by atoms with E-state index in [9.17, 15) is 18.8 Å². The molecule has 0 saturated heterocycles. The third kappa shape index (κ3) is 6.67. The van der Waals surface area contributed by atoms with Crippen LogP contribution in [-0.4, -0.2) is 34.6 Å². The van der Waals surface area contributed by atoms with Crippen LogP contribution >= 0.6 is 0 Å². The zero-order valence-corrected chi connectivity index (χ0v) is 22.5. The Labute approximate surface area is 232 Å². The van der Waals surface area contributed by atoms with E-state index in [1.54, 1.807) is 19.1 Å². The van der Waals surface area contributed by atoms with E-state index in [0.717, 1.165) is 49.4 Å². The predicted molar refractivity (Wildman–Crippen MR) is 150 cm³/mol. The summed E-state index contributed by atoms with van der Waals surface area (Å²) in [6, 6.07) is 12.6. The number of benzene rings is 1. The van der Waals surface area contributed by atoms with E-state index in [-0.39, 0.29) is 31.0 Å².